The van der Waals surface area contributed by atoms with Gasteiger partial charge in [-0.2, -0.15) is 0 Å². The summed E-state index contributed by atoms with van der Waals surface area (Å²) in [5.41, 5.74) is 3.64. The Hall–Kier alpha value is -0.233. The summed E-state index contributed by atoms with van der Waals surface area (Å²) in [7, 11) is -1.82. The molecule has 0 aromatic carbocycles. The monoisotopic (exact) mass is 429 g/mol. The minimum Gasteiger partial charge on any atom is -0.410 e. The van der Waals surface area contributed by atoms with Crippen molar-refractivity contribution < 1.29 is 4.43 Å². The number of hydrogen-bond donors (Lipinski definition) is 0. The van der Waals surface area contributed by atoms with Crippen LogP contribution in [-0.2, 0) is 4.43 Å². The normalized spacial score (nSPS) is 15.7. The number of rotatable bonds is 7. The molecule has 0 amide bonds. The largest absolute Gasteiger partial charge is 0.410 e. The maximum atomic E-state index is 6.72. The Morgan fingerprint density at radius 3 is 2.46 bits per heavy atom. The fraction of sp³-hybridized carbons (Fsp3) is 0.632. The van der Waals surface area contributed by atoms with Gasteiger partial charge in [0.2, 0.25) is 0 Å². The Bertz CT molecular complexity index is 599. The first-order chi connectivity index (χ1) is 11.0. The molecular weight excluding hydrogens is 398 g/mol. The highest BCUT2D eigenvalue weighted by Crippen LogP contribution is 2.38. The molecule has 0 radical (unpaired) electrons. The van der Waals surface area contributed by atoms with Gasteiger partial charge in [-0.3, -0.25) is 0 Å². The molecule has 0 saturated heterocycles. The predicted molar refractivity (Wildman–Crippen MR) is 115 cm³/mol. The number of aromatic nitrogens is 1. The number of nitrogens with zero attached hydrogens (tertiary/aromatic N) is 1. The summed E-state index contributed by atoms with van der Waals surface area (Å²) < 4.78 is 6.72. The maximum absolute atomic E-state index is 6.72. The number of thiazole rings is 1. The summed E-state index contributed by atoms with van der Waals surface area (Å²) >= 11 is 5.22. The van der Waals surface area contributed by atoms with Gasteiger partial charge in [-0.1, -0.05) is 48.4 Å². The van der Waals surface area contributed by atoms with Gasteiger partial charge in [-0.05, 0) is 57.0 Å². The molecule has 1 atom stereocenters. The Labute approximate surface area is 161 Å². The van der Waals surface area contributed by atoms with Crippen molar-refractivity contribution in [2.45, 2.75) is 72.2 Å². The highest BCUT2D eigenvalue weighted by atomic mass is 79.9. The zero-order valence-electron chi connectivity index (χ0n) is 16.4. The lowest BCUT2D eigenvalue weighted by molar-refractivity contribution is 0.217. The van der Waals surface area contributed by atoms with Crippen LogP contribution in [0.2, 0.25) is 18.1 Å². The molecule has 2 nitrogen and oxygen atoms in total. The molecule has 1 aromatic heterocycles. The summed E-state index contributed by atoms with van der Waals surface area (Å²) in [5, 5.41) is 4.33. The number of hydrogen-bond acceptors (Lipinski definition) is 3. The summed E-state index contributed by atoms with van der Waals surface area (Å²) in [6.45, 7) is 17.9. The molecule has 0 aliphatic heterocycles. The quantitative estimate of drug-likeness (QED) is 0.265. The molecule has 0 unspecified atom stereocenters. The molecule has 136 valence electrons. The molecular formula is C19H32BrNOSSi. The second kappa shape index (κ2) is 8.92. The van der Waals surface area contributed by atoms with E-state index in [4.69, 9.17) is 4.43 Å². The second-order valence-corrected chi connectivity index (χ2v) is 14.3. The van der Waals surface area contributed by atoms with Crippen molar-refractivity contribution in [3.8, 4) is 0 Å². The van der Waals surface area contributed by atoms with Crippen LogP contribution in [0.25, 0.3) is 6.08 Å². The summed E-state index contributed by atoms with van der Waals surface area (Å²) in [6.07, 6.45) is 5.49. The van der Waals surface area contributed by atoms with Gasteiger partial charge in [-0.15, -0.1) is 11.3 Å². The molecule has 1 aromatic rings. The van der Waals surface area contributed by atoms with Crippen molar-refractivity contribution in [1.29, 1.82) is 0 Å². The van der Waals surface area contributed by atoms with Crippen LogP contribution in [0.4, 0.5) is 0 Å². The van der Waals surface area contributed by atoms with Crippen LogP contribution < -0.4 is 0 Å². The van der Waals surface area contributed by atoms with Gasteiger partial charge >= 0.3 is 0 Å². The van der Waals surface area contributed by atoms with E-state index in [1.807, 2.05) is 6.92 Å². The van der Waals surface area contributed by atoms with Crippen LogP contribution in [-0.4, -0.2) is 24.7 Å². The molecule has 0 bridgehead atoms. The fourth-order valence-corrected chi connectivity index (χ4v) is 4.14. The van der Waals surface area contributed by atoms with Gasteiger partial charge in [0.1, 0.15) is 0 Å². The molecule has 0 spiro atoms. The summed E-state index contributed by atoms with van der Waals surface area (Å²) in [4.78, 5) is 4.56. The highest BCUT2D eigenvalue weighted by molar-refractivity contribution is 9.09. The lowest BCUT2D eigenvalue weighted by atomic mass is 10.1. The van der Waals surface area contributed by atoms with Crippen LogP contribution in [0.15, 0.2) is 22.6 Å². The Morgan fingerprint density at radius 1 is 1.38 bits per heavy atom. The van der Waals surface area contributed by atoms with Gasteiger partial charge in [0, 0.05) is 10.7 Å². The molecule has 24 heavy (non-hydrogen) atoms. The molecule has 0 saturated carbocycles. The van der Waals surface area contributed by atoms with Crippen LogP contribution >= 0.6 is 27.3 Å². The highest BCUT2D eigenvalue weighted by Gasteiger charge is 2.39. The van der Waals surface area contributed by atoms with E-state index in [0.717, 1.165) is 22.5 Å². The van der Waals surface area contributed by atoms with E-state index in [2.05, 4.69) is 86.2 Å². The molecule has 1 heterocycles. The van der Waals surface area contributed by atoms with Gasteiger partial charge in [0.25, 0.3) is 0 Å². The predicted octanol–water partition coefficient (Wildman–Crippen LogP) is 6.98. The topological polar surface area (TPSA) is 22.1 Å². The minimum absolute atomic E-state index is 0.113. The first-order valence-corrected chi connectivity index (χ1v) is 13.4. The van der Waals surface area contributed by atoms with E-state index < -0.39 is 8.32 Å². The van der Waals surface area contributed by atoms with E-state index >= 15 is 0 Å². The number of aryl methyl sites for hydroxylation is 1. The molecule has 0 aliphatic rings. The van der Waals surface area contributed by atoms with Crippen molar-refractivity contribution in [3.63, 3.8) is 0 Å². The maximum Gasteiger partial charge on any atom is 0.192 e. The third-order valence-electron chi connectivity index (χ3n) is 4.65. The number of allylic oxidation sites excluding steroid dienone is 1. The Balaban J connectivity index is 3.06. The standard InChI is InChI=1S/C19H32BrNOSSi/c1-14(12-20)9-10-18(22-24(7,8)19(4,5)6)15(2)11-17-13-23-16(3)21-17/h9,11,13,18H,10,12H2,1-8H3/t18-/m0/s1. The van der Waals surface area contributed by atoms with Crippen molar-refractivity contribution >= 4 is 41.7 Å². The zero-order chi connectivity index (χ0) is 18.5. The van der Waals surface area contributed by atoms with Crippen molar-refractivity contribution in [2.75, 3.05) is 5.33 Å². The average Bonchev–Trinajstić information content (AvgIpc) is 2.86. The summed E-state index contributed by atoms with van der Waals surface area (Å²) in [6, 6.07) is 0. The van der Waals surface area contributed by atoms with Crippen molar-refractivity contribution in [1.82, 2.24) is 4.98 Å². The smallest absolute Gasteiger partial charge is 0.192 e. The summed E-state index contributed by atoms with van der Waals surface area (Å²) in [5.74, 6) is 0. The molecule has 1 rings (SSSR count). The van der Waals surface area contributed by atoms with E-state index in [1.165, 1.54) is 11.1 Å². The van der Waals surface area contributed by atoms with Crippen LogP contribution in [0.1, 0.15) is 51.7 Å². The van der Waals surface area contributed by atoms with Gasteiger partial charge in [-0.25, -0.2) is 4.98 Å². The van der Waals surface area contributed by atoms with E-state index in [1.54, 1.807) is 11.3 Å². The molecule has 5 heteroatoms. The lowest BCUT2D eigenvalue weighted by Crippen LogP contribution is -2.44. The van der Waals surface area contributed by atoms with E-state index in [9.17, 15) is 0 Å². The van der Waals surface area contributed by atoms with Crippen LogP contribution in [0, 0.1) is 6.92 Å². The Kier molecular flexibility index (Phi) is 8.11. The van der Waals surface area contributed by atoms with Crippen molar-refractivity contribution in [3.05, 3.63) is 33.3 Å². The molecule has 0 N–H and O–H groups in total. The van der Waals surface area contributed by atoms with Gasteiger partial charge < -0.3 is 4.43 Å². The second-order valence-electron chi connectivity index (χ2n) is 7.97. The van der Waals surface area contributed by atoms with Crippen molar-refractivity contribution in [2.24, 2.45) is 0 Å². The first kappa shape index (κ1) is 21.8. The van der Waals surface area contributed by atoms with Gasteiger partial charge in [0.05, 0.1) is 16.8 Å². The van der Waals surface area contributed by atoms with E-state index in [-0.39, 0.29) is 11.1 Å². The van der Waals surface area contributed by atoms with E-state index in [0.29, 0.717) is 0 Å². The SMILES string of the molecule is CC(=CC[C@H](O[Si](C)(C)C(C)(C)C)C(C)=Cc1csc(C)n1)CBr. The molecule has 0 aliphatic carbocycles. The first-order valence-electron chi connectivity index (χ1n) is 8.46. The fourth-order valence-electron chi connectivity index (χ4n) is 1.99. The third kappa shape index (κ3) is 6.58. The number of alkyl halides is 1. The molecule has 0 fully saturated rings. The Morgan fingerprint density at radius 2 is 2.00 bits per heavy atom. The third-order valence-corrected chi connectivity index (χ3v) is 10.8. The van der Waals surface area contributed by atoms with Gasteiger partial charge in [0.15, 0.2) is 8.32 Å². The zero-order valence-corrected chi connectivity index (χ0v) is 19.8. The average molecular weight is 431 g/mol. The van der Waals surface area contributed by atoms with Crippen LogP contribution in [0.5, 0.6) is 0 Å². The number of halogens is 1. The lowest BCUT2D eigenvalue weighted by Gasteiger charge is -2.39. The van der Waals surface area contributed by atoms with Crippen LogP contribution in [0.3, 0.4) is 0 Å². The minimum atomic E-state index is -1.82.